The first kappa shape index (κ1) is 14.0. The van der Waals surface area contributed by atoms with Gasteiger partial charge in [0.1, 0.15) is 5.75 Å². The summed E-state index contributed by atoms with van der Waals surface area (Å²) < 4.78 is 5.17. The van der Waals surface area contributed by atoms with E-state index in [1.165, 1.54) is 6.92 Å². The fraction of sp³-hybridized carbons (Fsp3) is 0.385. The number of carboxylic acid groups (broad SMARTS) is 1. The highest BCUT2D eigenvalue weighted by molar-refractivity contribution is 5.90. The molecule has 0 aliphatic carbocycles. The molecule has 0 radical (unpaired) electrons. The number of hydrogen-bond donors (Lipinski definition) is 2. The van der Waals surface area contributed by atoms with Crippen molar-refractivity contribution in [3.8, 4) is 5.75 Å². The maximum absolute atomic E-state index is 11.3. The molecule has 0 aliphatic rings. The van der Waals surface area contributed by atoms with Crippen molar-refractivity contribution in [2.45, 2.75) is 32.8 Å². The molecule has 98 valence electrons. The molecule has 0 heterocycles. The van der Waals surface area contributed by atoms with E-state index in [-0.39, 0.29) is 5.91 Å². The van der Waals surface area contributed by atoms with Gasteiger partial charge >= 0.3 is 5.97 Å². The third-order valence-corrected chi connectivity index (χ3v) is 2.28. The minimum absolute atomic E-state index is 0.0370. The molecule has 0 saturated carbocycles. The number of carbonyl (C=O) groups excluding carboxylic acids is 1. The van der Waals surface area contributed by atoms with Crippen LogP contribution < -0.4 is 10.1 Å². The zero-order valence-electron chi connectivity index (χ0n) is 10.5. The van der Waals surface area contributed by atoms with Crippen LogP contribution >= 0.6 is 0 Å². The Morgan fingerprint density at radius 1 is 1.33 bits per heavy atom. The number of anilines is 1. The first-order valence-corrected chi connectivity index (χ1v) is 5.82. The Bertz CT molecular complexity index is 414. The van der Waals surface area contributed by atoms with E-state index >= 15 is 0 Å². The SMILES string of the molecule is CCCC(=O)Nc1ccc(OC(C)C(=O)O)cc1. The molecule has 18 heavy (non-hydrogen) atoms. The molecule has 2 N–H and O–H groups in total. The molecule has 1 aromatic rings. The zero-order valence-corrected chi connectivity index (χ0v) is 10.5. The number of ether oxygens (including phenoxy) is 1. The number of amides is 1. The van der Waals surface area contributed by atoms with Gasteiger partial charge < -0.3 is 15.2 Å². The number of benzene rings is 1. The molecule has 0 aromatic heterocycles. The molecule has 0 saturated heterocycles. The van der Waals surface area contributed by atoms with Gasteiger partial charge in [0.05, 0.1) is 0 Å². The Morgan fingerprint density at radius 2 is 1.94 bits per heavy atom. The second-order valence-electron chi connectivity index (χ2n) is 3.92. The monoisotopic (exact) mass is 251 g/mol. The third kappa shape index (κ3) is 4.45. The van der Waals surface area contributed by atoms with Crippen LogP contribution in [0, 0.1) is 0 Å². The topological polar surface area (TPSA) is 75.6 Å². The van der Waals surface area contributed by atoms with Crippen LogP contribution in [0.15, 0.2) is 24.3 Å². The van der Waals surface area contributed by atoms with Gasteiger partial charge in [-0.3, -0.25) is 4.79 Å². The van der Waals surface area contributed by atoms with Crippen molar-refractivity contribution >= 4 is 17.6 Å². The van der Waals surface area contributed by atoms with Gasteiger partial charge in [-0.1, -0.05) is 6.92 Å². The maximum atomic E-state index is 11.3. The number of aliphatic carboxylic acids is 1. The van der Waals surface area contributed by atoms with Crippen molar-refractivity contribution in [3.05, 3.63) is 24.3 Å². The number of hydrogen-bond acceptors (Lipinski definition) is 3. The van der Waals surface area contributed by atoms with E-state index in [4.69, 9.17) is 9.84 Å². The number of rotatable bonds is 6. The van der Waals surface area contributed by atoms with Gasteiger partial charge in [-0.15, -0.1) is 0 Å². The average molecular weight is 251 g/mol. The largest absolute Gasteiger partial charge is 0.479 e. The minimum atomic E-state index is -1.02. The van der Waals surface area contributed by atoms with Crippen LogP contribution in [0.5, 0.6) is 5.75 Å². The molecule has 0 aliphatic heterocycles. The standard InChI is InChI=1S/C13H17NO4/c1-3-4-12(15)14-10-5-7-11(8-6-10)18-9(2)13(16)17/h5-9H,3-4H2,1-2H3,(H,14,15)(H,16,17). The summed E-state index contributed by atoms with van der Waals surface area (Å²) >= 11 is 0. The van der Waals surface area contributed by atoms with Gasteiger partial charge in [-0.2, -0.15) is 0 Å². The number of carbonyl (C=O) groups is 2. The highest BCUT2D eigenvalue weighted by atomic mass is 16.5. The lowest BCUT2D eigenvalue weighted by Gasteiger charge is -2.11. The molecule has 0 bridgehead atoms. The molecular weight excluding hydrogens is 234 g/mol. The summed E-state index contributed by atoms with van der Waals surface area (Å²) in [5, 5.41) is 11.4. The van der Waals surface area contributed by atoms with E-state index in [1.54, 1.807) is 24.3 Å². The van der Waals surface area contributed by atoms with Gasteiger partial charge in [0.2, 0.25) is 5.91 Å². The molecule has 1 rings (SSSR count). The molecule has 0 fully saturated rings. The Kier molecular flexibility index (Phi) is 5.17. The summed E-state index contributed by atoms with van der Waals surface area (Å²) in [5.41, 5.74) is 0.670. The van der Waals surface area contributed by atoms with Crippen LogP contribution in [0.3, 0.4) is 0 Å². The first-order valence-electron chi connectivity index (χ1n) is 5.82. The van der Waals surface area contributed by atoms with Crippen molar-refractivity contribution < 1.29 is 19.4 Å². The molecular formula is C13H17NO4. The van der Waals surface area contributed by atoms with Gasteiger partial charge in [-0.05, 0) is 37.6 Å². The van der Waals surface area contributed by atoms with Gasteiger partial charge in [-0.25, -0.2) is 4.79 Å². The van der Waals surface area contributed by atoms with Crippen LogP contribution in [0.25, 0.3) is 0 Å². The van der Waals surface area contributed by atoms with Gasteiger partial charge in [0, 0.05) is 12.1 Å². The van der Waals surface area contributed by atoms with Crippen LogP contribution in [0.4, 0.5) is 5.69 Å². The summed E-state index contributed by atoms with van der Waals surface area (Å²) in [7, 11) is 0. The normalized spacial score (nSPS) is 11.7. The van der Waals surface area contributed by atoms with E-state index in [1.807, 2.05) is 6.92 Å². The second-order valence-corrected chi connectivity index (χ2v) is 3.92. The Balaban J connectivity index is 2.57. The minimum Gasteiger partial charge on any atom is -0.479 e. The van der Waals surface area contributed by atoms with Crippen LogP contribution in [0.1, 0.15) is 26.7 Å². The van der Waals surface area contributed by atoms with Gasteiger partial charge in [0.15, 0.2) is 6.10 Å². The highest BCUT2D eigenvalue weighted by Crippen LogP contribution is 2.17. The molecule has 1 aromatic carbocycles. The lowest BCUT2D eigenvalue weighted by Crippen LogP contribution is -2.22. The number of nitrogens with one attached hydrogen (secondary N) is 1. The number of carboxylic acids is 1. The Labute approximate surface area is 106 Å². The zero-order chi connectivity index (χ0) is 13.5. The van der Waals surface area contributed by atoms with Crippen LogP contribution in [-0.4, -0.2) is 23.1 Å². The van der Waals surface area contributed by atoms with E-state index in [9.17, 15) is 9.59 Å². The first-order chi connectivity index (χ1) is 8.52. The van der Waals surface area contributed by atoms with E-state index < -0.39 is 12.1 Å². The van der Waals surface area contributed by atoms with Crippen LogP contribution in [0.2, 0.25) is 0 Å². The van der Waals surface area contributed by atoms with Crippen molar-refractivity contribution in [2.24, 2.45) is 0 Å². The van der Waals surface area contributed by atoms with Gasteiger partial charge in [0.25, 0.3) is 0 Å². The molecule has 5 heteroatoms. The Morgan fingerprint density at radius 3 is 2.44 bits per heavy atom. The summed E-state index contributed by atoms with van der Waals surface area (Å²) in [4.78, 5) is 22.0. The maximum Gasteiger partial charge on any atom is 0.344 e. The lowest BCUT2D eigenvalue weighted by molar-refractivity contribution is -0.144. The summed E-state index contributed by atoms with van der Waals surface area (Å²) in [6.07, 6.45) is 0.378. The second kappa shape index (κ2) is 6.64. The molecule has 1 unspecified atom stereocenters. The molecule has 1 atom stereocenters. The van der Waals surface area contributed by atoms with Crippen molar-refractivity contribution in [1.82, 2.24) is 0 Å². The van der Waals surface area contributed by atoms with Crippen molar-refractivity contribution in [2.75, 3.05) is 5.32 Å². The Hall–Kier alpha value is -2.04. The fourth-order valence-corrected chi connectivity index (χ4v) is 1.32. The summed E-state index contributed by atoms with van der Waals surface area (Å²) in [6, 6.07) is 6.61. The van der Waals surface area contributed by atoms with E-state index in [0.717, 1.165) is 6.42 Å². The summed E-state index contributed by atoms with van der Waals surface area (Å²) in [5.74, 6) is -0.598. The third-order valence-electron chi connectivity index (χ3n) is 2.28. The quantitative estimate of drug-likeness (QED) is 0.813. The van der Waals surface area contributed by atoms with Crippen LogP contribution in [-0.2, 0) is 9.59 Å². The van der Waals surface area contributed by atoms with E-state index in [0.29, 0.717) is 17.9 Å². The smallest absolute Gasteiger partial charge is 0.344 e. The fourth-order valence-electron chi connectivity index (χ4n) is 1.32. The van der Waals surface area contributed by atoms with Crippen molar-refractivity contribution in [1.29, 1.82) is 0 Å². The molecule has 1 amide bonds. The highest BCUT2D eigenvalue weighted by Gasteiger charge is 2.12. The average Bonchev–Trinajstić information content (AvgIpc) is 2.31. The van der Waals surface area contributed by atoms with Crippen molar-refractivity contribution in [3.63, 3.8) is 0 Å². The predicted octanol–water partition coefficient (Wildman–Crippen LogP) is 2.28. The predicted molar refractivity (Wildman–Crippen MR) is 67.7 cm³/mol. The molecule has 0 spiro atoms. The lowest BCUT2D eigenvalue weighted by atomic mass is 10.2. The summed E-state index contributed by atoms with van der Waals surface area (Å²) in [6.45, 7) is 3.39. The molecule has 5 nitrogen and oxygen atoms in total. The van der Waals surface area contributed by atoms with E-state index in [2.05, 4.69) is 5.32 Å².